The second-order valence-corrected chi connectivity index (χ2v) is 12.1. The Morgan fingerprint density at radius 1 is 0.442 bits per heavy atom. The van der Waals surface area contributed by atoms with Crippen LogP contribution in [0.3, 0.4) is 0 Å². The van der Waals surface area contributed by atoms with Gasteiger partial charge < -0.3 is 28.4 Å². The first-order valence-corrected chi connectivity index (χ1v) is 16.9. The zero-order valence-electron chi connectivity index (χ0n) is 29.4. The molecule has 0 aliphatic rings. The SMILES string of the molecule is C=C(C)C(=O)OC(COc1ccc(-c2ccccc2)cc1)COc1ccccc1OCC(COc1ccc(-c2ccccc2)cc1)OC(=O)C(=C)C. The molecule has 5 aromatic rings. The Morgan fingerprint density at radius 2 is 0.750 bits per heavy atom. The quantitative estimate of drug-likeness (QED) is 0.0662. The van der Waals surface area contributed by atoms with Crippen LogP contribution in [0, 0.1) is 0 Å². The molecule has 266 valence electrons. The molecular weight excluding hydrogens is 656 g/mol. The Morgan fingerprint density at radius 3 is 1.10 bits per heavy atom. The van der Waals surface area contributed by atoms with Gasteiger partial charge in [-0.15, -0.1) is 0 Å². The lowest BCUT2D eigenvalue weighted by atomic mass is 10.1. The minimum Gasteiger partial charge on any atom is -0.490 e. The van der Waals surface area contributed by atoms with Gasteiger partial charge in [-0.3, -0.25) is 0 Å². The van der Waals surface area contributed by atoms with E-state index in [1.165, 1.54) is 0 Å². The highest BCUT2D eigenvalue weighted by molar-refractivity contribution is 5.87. The van der Waals surface area contributed by atoms with Crippen LogP contribution in [-0.2, 0) is 19.1 Å². The lowest BCUT2D eigenvalue weighted by molar-refractivity contribution is -0.148. The maximum atomic E-state index is 12.5. The van der Waals surface area contributed by atoms with E-state index in [1.807, 2.05) is 109 Å². The van der Waals surface area contributed by atoms with Crippen molar-refractivity contribution >= 4 is 11.9 Å². The van der Waals surface area contributed by atoms with Crippen molar-refractivity contribution < 1.29 is 38.0 Å². The van der Waals surface area contributed by atoms with Crippen molar-refractivity contribution in [3.8, 4) is 45.3 Å². The molecule has 0 amide bonds. The first-order chi connectivity index (χ1) is 25.2. The van der Waals surface area contributed by atoms with Crippen LogP contribution in [0.25, 0.3) is 22.3 Å². The van der Waals surface area contributed by atoms with Gasteiger partial charge in [0, 0.05) is 11.1 Å². The maximum Gasteiger partial charge on any atom is 0.333 e. The second-order valence-electron chi connectivity index (χ2n) is 12.1. The standard InChI is InChI=1S/C44H42O8/c1-31(2)43(45)51-39(27-47-37-23-19-35(20-24-37)33-13-7-5-8-14-33)29-49-41-17-11-12-18-42(41)50-30-40(52-44(46)32(3)4)28-48-38-25-21-36(22-26-38)34-15-9-6-10-16-34/h5-26,39-40H,1,3,27-30H2,2,4H3. The number of rotatable bonds is 18. The van der Waals surface area contributed by atoms with Gasteiger partial charge in [-0.2, -0.15) is 0 Å². The van der Waals surface area contributed by atoms with E-state index in [0.717, 1.165) is 22.3 Å². The summed E-state index contributed by atoms with van der Waals surface area (Å²) >= 11 is 0. The third-order valence-electron chi connectivity index (χ3n) is 7.74. The predicted molar refractivity (Wildman–Crippen MR) is 202 cm³/mol. The summed E-state index contributed by atoms with van der Waals surface area (Å²) in [5.74, 6) is 0.909. The van der Waals surface area contributed by atoms with Crippen LogP contribution in [0.15, 0.2) is 158 Å². The molecule has 2 atom stereocenters. The summed E-state index contributed by atoms with van der Waals surface area (Å²) in [5.41, 5.74) is 4.81. The molecule has 52 heavy (non-hydrogen) atoms. The van der Waals surface area contributed by atoms with Gasteiger partial charge in [0.2, 0.25) is 0 Å². The van der Waals surface area contributed by atoms with Gasteiger partial charge in [0.1, 0.15) is 37.9 Å². The summed E-state index contributed by atoms with van der Waals surface area (Å²) in [6.07, 6.45) is -1.53. The minimum atomic E-state index is -0.767. The van der Waals surface area contributed by atoms with Gasteiger partial charge in [-0.25, -0.2) is 9.59 Å². The van der Waals surface area contributed by atoms with Gasteiger partial charge in [-0.1, -0.05) is 110 Å². The molecule has 0 aliphatic carbocycles. The molecule has 0 aliphatic heterocycles. The van der Waals surface area contributed by atoms with Crippen LogP contribution < -0.4 is 18.9 Å². The zero-order valence-corrected chi connectivity index (χ0v) is 29.4. The van der Waals surface area contributed by atoms with Crippen molar-refractivity contribution in [2.24, 2.45) is 0 Å². The van der Waals surface area contributed by atoms with Crippen LogP contribution >= 0.6 is 0 Å². The van der Waals surface area contributed by atoms with Crippen LogP contribution in [0.5, 0.6) is 23.0 Å². The van der Waals surface area contributed by atoms with E-state index in [0.29, 0.717) is 23.0 Å². The minimum absolute atomic E-state index is 0.0301. The van der Waals surface area contributed by atoms with E-state index in [-0.39, 0.29) is 37.6 Å². The van der Waals surface area contributed by atoms with E-state index in [2.05, 4.69) is 13.2 Å². The Kier molecular flexibility index (Phi) is 13.3. The Hall–Kier alpha value is -6.28. The summed E-state index contributed by atoms with van der Waals surface area (Å²) in [5, 5.41) is 0. The van der Waals surface area contributed by atoms with Gasteiger partial charge in [0.05, 0.1) is 0 Å². The molecule has 2 unspecified atom stereocenters. The zero-order chi connectivity index (χ0) is 36.7. The summed E-state index contributed by atoms with van der Waals surface area (Å²) in [4.78, 5) is 25.0. The average molecular weight is 699 g/mol. The van der Waals surface area contributed by atoms with Crippen molar-refractivity contribution in [1.29, 1.82) is 0 Å². The predicted octanol–water partition coefficient (Wildman–Crippen LogP) is 8.91. The van der Waals surface area contributed by atoms with Crippen molar-refractivity contribution in [3.05, 3.63) is 158 Å². The van der Waals surface area contributed by atoms with Crippen molar-refractivity contribution in [3.63, 3.8) is 0 Å². The fraction of sp³-hybridized carbons (Fsp3) is 0.182. The highest BCUT2D eigenvalue weighted by Crippen LogP contribution is 2.28. The van der Waals surface area contributed by atoms with E-state index >= 15 is 0 Å². The highest BCUT2D eigenvalue weighted by Gasteiger charge is 2.21. The number of ether oxygens (including phenoxy) is 6. The molecule has 8 heteroatoms. The smallest absolute Gasteiger partial charge is 0.333 e. The first-order valence-electron chi connectivity index (χ1n) is 16.9. The molecule has 0 bridgehead atoms. The molecule has 0 saturated carbocycles. The number of hydrogen-bond acceptors (Lipinski definition) is 8. The van der Waals surface area contributed by atoms with Crippen LogP contribution in [0.4, 0.5) is 0 Å². The Balaban J connectivity index is 1.20. The third kappa shape index (κ3) is 11.1. The molecule has 0 spiro atoms. The fourth-order valence-electron chi connectivity index (χ4n) is 4.92. The molecular formula is C44H42O8. The van der Waals surface area contributed by atoms with Gasteiger partial charge in [-0.05, 0) is 72.5 Å². The van der Waals surface area contributed by atoms with Gasteiger partial charge in [0.15, 0.2) is 23.7 Å². The molecule has 0 N–H and O–H groups in total. The molecule has 5 aromatic carbocycles. The molecule has 0 aromatic heterocycles. The highest BCUT2D eigenvalue weighted by atomic mass is 16.6. The normalized spacial score (nSPS) is 11.7. The monoisotopic (exact) mass is 698 g/mol. The molecule has 0 heterocycles. The second kappa shape index (κ2) is 18.6. The Labute approximate surface area is 304 Å². The molecule has 0 fully saturated rings. The lowest BCUT2D eigenvalue weighted by Crippen LogP contribution is -2.32. The number of hydrogen-bond donors (Lipinski definition) is 0. The number of carbonyl (C=O) groups is 2. The number of carbonyl (C=O) groups excluding carboxylic acids is 2. The summed E-state index contributed by atoms with van der Waals surface area (Å²) in [7, 11) is 0. The average Bonchev–Trinajstić information content (AvgIpc) is 3.18. The number of benzene rings is 5. The molecule has 0 saturated heterocycles. The van der Waals surface area contributed by atoms with E-state index < -0.39 is 24.1 Å². The van der Waals surface area contributed by atoms with E-state index in [1.54, 1.807) is 38.1 Å². The van der Waals surface area contributed by atoms with Crippen LogP contribution in [-0.4, -0.2) is 50.6 Å². The topological polar surface area (TPSA) is 89.5 Å². The largest absolute Gasteiger partial charge is 0.490 e. The van der Waals surface area contributed by atoms with Crippen molar-refractivity contribution in [1.82, 2.24) is 0 Å². The van der Waals surface area contributed by atoms with Crippen LogP contribution in [0.2, 0.25) is 0 Å². The fourth-order valence-corrected chi connectivity index (χ4v) is 4.92. The summed E-state index contributed by atoms with van der Waals surface area (Å²) < 4.78 is 35.5. The van der Waals surface area contributed by atoms with Crippen molar-refractivity contribution in [2.45, 2.75) is 26.1 Å². The molecule has 8 nitrogen and oxygen atoms in total. The Bertz CT molecular complexity index is 1780. The molecule has 5 rings (SSSR count). The number of para-hydroxylation sites is 2. The molecule has 0 radical (unpaired) electrons. The van der Waals surface area contributed by atoms with Gasteiger partial charge in [0.25, 0.3) is 0 Å². The van der Waals surface area contributed by atoms with Gasteiger partial charge >= 0.3 is 11.9 Å². The lowest BCUT2D eigenvalue weighted by Gasteiger charge is -2.22. The first kappa shape index (κ1) is 37.0. The van der Waals surface area contributed by atoms with E-state index in [4.69, 9.17) is 28.4 Å². The third-order valence-corrected chi connectivity index (χ3v) is 7.74. The summed E-state index contributed by atoms with van der Waals surface area (Å²) in [6, 6.07) is 42.4. The maximum absolute atomic E-state index is 12.5. The number of esters is 2. The van der Waals surface area contributed by atoms with Crippen LogP contribution in [0.1, 0.15) is 13.8 Å². The van der Waals surface area contributed by atoms with E-state index in [9.17, 15) is 9.59 Å². The van der Waals surface area contributed by atoms with Crippen molar-refractivity contribution in [2.75, 3.05) is 26.4 Å². The summed E-state index contributed by atoms with van der Waals surface area (Å²) in [6.45, 7) is 10.6.